The number of hydrogen-bond acceptors (Lipinski definition) is 4. The minimum absolute atomic E-state index is 0.0445. The number of rotatable bonds is 9. The standard InChI is InChI=1S/C81H73B4N3O/c1-47(2)56-41-60(48(3)4)78(61(42-56)49(5)6)82-62-29-19-22-32-70(62)86(57-25-15-13-16-26-57)74-46-75-67(44-66(74)82)85-65-43-59(89-58-27-17-14-18-28-58)35-36-73(65)87-71-33-23-20-30-63(71)83(76-52(9)37-50(7)38-53(76)10)68-45-69-81(79(85)80(68)87)88(75)72-34-24-21-31-64(72)84(69)77-54(11)39-51(8)40-55(77)12/h13-49H,1-12H3. The van der Waals surface area contributed by atoms with E-state index in [0.29, 0.717) is 5.92 Å². The van der Waals surface area contributed by atoms with Gasteiger partial charge in [-0.3, -0.25) is 0 Å². The van der Waals surface area contributed by atoms with Crippen molar-refractivity contribution in [2.45, 2.75) is 101 Å². The number of fused-ring (bicyclic) bond motifs is 12. The maximum absolute atomic E-state index is 7.01. The van der Waals surface area contributed by atoms with Gasteiger partial charge < -0.3 is 19.4 Å². The molecule has 430 valence electrons. The summed E-state index contributed by atoms with van der Waals surface area (Å²) >= 11 is 0. The first-order valence-corrected chi connectivity index (χ1v) is 32.5. The van der Waals surface area contributed by atoms with Gasteiger partial charge in [-0.2, -0.15) is 0 Å². The molecule has 8 heteroatoms. The maximum Gasteiger partial charge on any atom is 0.252 e. The van der Waals surface area contributed by atoms with E-state index in [1.54, 1.807) is 0 Å². The molecule has 0 fully saturated rings. The molecule has 0 aromatic heterocycles. The lowest BCUT2D eigenvalue weighted by atomic mass is 9.25. The largest absolute Gasteiger partial charge is 0.457 e. The molecule has 16 rings (SSSR count). The monoisotopic (exact) mass is 1150 g/mol. The molecule has 5 heterocycles. The highest BCUT2D eigenvalue weighted by molar-refractivity contribution is 7.07. The van der Waals surface area contributed by atoms with Crippen LogP contribution in [-0.2, 0) is 0 Å². The number of aryl methyl sites for hydroxylation is 6. The van der Waals surface area contributed by atoms with E-state index in [9.17, 15) is 0 Å². The predicted octanol–water partition coefficient (Wildman–Crippen LogP) is 12.7. The van der Waals surface area contributed by atoms with Crippen molar-refractivity contribution in [3.8, 4) is 11.5 Å². The van der Waals surface area contributed by atoms with Crippen LogP contribution in [0.5, 0.6) is 11.5 Å². The molecule has 0 bridgehead atoms. The van der Waals surface area contributed by atoms with Crippen LogP contribution in [0.1, 0.15) is 109 Å². The van der Waals surface area contributed by atoms with Gasteiger partial charge in [-0.15, -0.1) is 0 Å². The van der Waals surface area contributed by atoms with Crippen molar-refractivity contribution < 1.29 is 4.74 Å². The van der Waals surface area contributed by atoms with Crippen LogP contribution in [0.3, 0.4) is 0 Å². The van der Waals surface area contributed by atoms with Gasteiger partial charge in [0.1, 0.15) is 11.5 Å². The highest BCUT2D eigenvalue weighted by atomic mass is 16.5. The zero-order valence-electron chi connectivity index (χ0n) is 53.4. The molecule has 11 aromatic rings. The van der Waals surface area contributed by atoms with Crippen LogP contribution in [0.4, 0.5) is 51.2 Å². The summed E-state index contributed by atoms with van der Waals surface area (Å²) in [4.78, 5) is 8.00. The summed E-state index contributed by atoms with van der Waals surface area (Å²) in [6, 6.07) is 79.4. The molecule has 5 aliphatic heterocycles. The number of para-hydroxylation sites is 5. The lowest BCUT2D eigenvalue weighted by Crippen LogP contribution is -2.72. The fraction of sp³-hybridized carbons (Fsp3) is 0.185. The summed E-state index contributed by atoms with van der Waals surface area (Å²) < 4.78 is 7.01. The molecular formula is C81H73B4N3O. The fourth-order valence-corrected chi connectivity index (χ4v) is 17.1. The van der Waals surface area contributed by atoms with Crippen molar-refractivity contribution in [2.24, 2.45) is 0 Å². The zero-order valence-corrected chi connectivity index (χ0v) is 53.4. The van der Waals surface area contributed by atoms with Crippen molar-refractivity contribution >= 4 is 144 Å². The van der Waals surface area contributed by atoms with Gasteiger partial charge in [0.15, 0.2) is 0 Å². The summed E-state index contributed by atoms with van der Waals surface area (Å²) in [6.45, 7) is 27.9. The average Bonchev–Trinajstić information content (AvgIpc) is 0.672. The first-order chi connectivity index (χ1) is 43.1. The van der Waals surface area contributed by atoms with Crippen LogP contribution < -0.4 is 85.0 Å². The van der Waals surface area contributed by atoms with E-state index in [1.165, 1.54) is 161 Å². The Morgan fingerprint density at radius 3 is 1.18 bits per heavy atom. The number of ether oxygens (including phenoxy) is 1. The molecule has 0 saturated heterocycles. The van der Waals surface area contributed by atoms with Gasteiger partial charge in [0, 0.05) is 51.2 Å². The molecule has 0 atom stereocenters. The predicted molar refractivity (Wildman–Crippen MR) is 386 cm³/mol. The maximum atomic E-state index is 7.01. The smallest absolute Gasteiger partial charge is 0.252 e. The first-order valence-electron chi connectivity index (χ1n) is 32.5. The summed E-state index contributed by atoms with van der Waals surface area (Å²) in [7, 11) is 0. The van der Waals surface area contributed by atoms with Crippen LogP contribution in [0.25, 0.3) is 0 Å². The second kappa shape index (κ2) is 20.7. The van der Waals surface area contributed by atoms with Gasteiger partial charge in [0.25, 0.3) is 6.71 Å². The molecule has 0 N–H and O–H groups in total. The highest BCUT2D eigenvalue weighted by Gasteiger charge is 2.53. The van der Waals surface area contributed by atoms with E-state index in [0.717, 1.165) is 17.2 Å². The Morgan fingerprint density at radius 1 is 0.292 bits per heavy atom. The highest BCUT2D eigenvalue weighted by Crippen LogP contribution is 2.48. The minimum Gasteiger partial charge on any atom is -0.457 e. The Hall–Kier alpha value is -9.12. The fourth-order valence-electron chi connectivity index (χ4n) is 17.1. The lowest BCUT2D eigenvalue weighted by molar-refractivity contribution is 0.483. The molecule has 0 saturated carbocycles. The van der Waals surface area contributed by atoms with Gasteiger partial charge in [0.2, 0.25) is 20.1 Å². The van der Waals surface area contributed by atoms with Crippen LogP contribution >= 0.6 is 0 Å². The van der Waals surface area contributed by atoms with E-state index < -0.39 is 0 Å². The molecule has 11 aromatic carbocycles. The lowest BCUT2D eigenvalue weighted by Gasteiger charge is -2.51. The topological polar surface area (TPSA) is 19.0 Å². The molecule has 0 spiro atoms. The number of nitrogens with zero attached hydrogens (tertiary/aromatic N) is 3. The quantitative estimate of drug-likeness (QED) is 0.134. The number of hydrogen-bond donors (Lipinski definition) is 0. The van der Waals surface area contributed by atoms with E-state index in [1.807, 2.05) is 0 Å². The summed E-state index contributed by atoms with van der Waals surface area (Å²) in [5, 5.41) is 0. The molecular weight excluding hydrogens is 1070 g/mol. The van der Waals surface area contributed by atoms with Crippen LogP contribution in [0.2, 0.25) is 0 Å². The Morgan fingerprint density at radius 2 is 0.685 bits per heavy atom. The third kappa shape index (κ3) is 8.31. The molecule has 0 unspecified atom stereocenters. The Kier molecular flexibility index (Phi) is 12.9. The molecule has 5 aliphatic rings. The number of benzene rings is 11. The van der Waals surface area contributed by atoms with Gasteiger partial charge in [-0.25, -0.2) is 0 Å². The Labute approximate surface area is 528 Å². The SMILES string of the molecule is Cc1cc(C)c(B2c3ccccc3N3c4ccc(Oc5ccccc5)cc4B4c5cc6c(cc5N5c7ccccc7B(c7c(C)cc(C)cc7C)c7cc2c3c4c75)N(c2ccccc2)c2ccccc2B6c2c(C(C)C)cc(C(C)C)cc2C(C)C)c(C)c1. The van der Waals surface area contributed by atoms with Crippen LogP contribution in [0, 0.1) is 41.5 Å². The van der Waals surface area contributed by atoms with Gasteiger partial charge in [0.05, 0.1) is 0 Å². The third-order valence-electron chi connectivity index (χ3n) is 20.5. The average molecular weight is 1150 g/mol. The zero-order chi connectivity index (χ0) is 61.0. The second-order valence-corrected chi connectivity index (χ2v) is 27.2. The third-order valence-corrected chi connectivity index (χ3v) is 20.5. The minimum atomic E-state index is -0.210. The summed E-state index contributed by atoms with van der Waals surface area (Å²) in [5.41, 5.74) is 39.3. The van der Waals surface area contributed by atoms with Crippen molar-refractivity contribution in [2.75, 3.05) is 14.7 Å². The van der Waals surface area contributed by atoms with E-state index in [4.69, 9.17) is 4.74 Å². The first kappa shape index (κ1) is 55.2. The Bertz CT molecular complexity index is 4690. The summed E-state index contributed by atoms with van der Waals surface area (Å²) in [5.74, 6) is 2.60. The summed E-state index contributed by atoms with van der Waals surface area (Å²) in [6.07, 6.45) is 0. The van der Waals surface area contributed by atoms with E-state index >= 15 is 0 Å². The van der Waals surface area contributed by atoms with Crippen molar-refractivity contribution in [3.63, 3.8) is 0 Å². The molecule has 0 amide bonds. The normalized spacial score (nSPS) is 13.8. The van der Waals surface area contributed by atoms with E-state index in [-0.39, 0.29) is 38.7 Å². The van der Waals surface area contributed by atoms with Crippen molar-refractivity contribution in [1.29, 1.82) is 0 Å². The van der Waals surface area contributed by atoms with Crippen LogP contribution in [0.15, 0.2) is 206 Å². The Balaban J connectivity index is 1.09. The van der Waals surface area contributed by atoms with Crippen molar-refractivity contribution in [1.82, 2.24) is 0 Å². The van der Waals surface area contributed by atoms with Crippen LogP contribution in [-0.4, -0.2) is 26.9 Å². The molecule has 0 radical (unpaired) electrons. The van der Waals surface area contributed by atoms with Gasteiger partial charge in [-0.1, -0.05) is 231 Å². The second-order valence-electron chi connectivity index (χ2n) is 27.2. The molecule has 89 heavy (non-hydrogen) atoms. The number of anilines is 9. The molecule has 0 aliphatic carbocycles. The molecule has 4 nitrogen and oxygen atoms in total. The van der Waals surface area contributed by atoms with Gasteiger partial charge >= 0.3 is 0 Å². The van der Waals surface area contributed by atoms with E-state index in [2.05, 4.69) is 304 Å². The van der Waals surface area contributed by atoms with Crippen molar-refractivity contribution in [3.05, 3.63) is 256 Å². The van der Waals surface area contributed by atoms with Gasteiger partial charge in [-0.05, 0) is 192 Å².